The van der Waals surface area contributed by atoms with Gasteiger partial charge in [0.2, 0.25) is 5.91 Å². The van der Waals surface area contributed by atoms with Gasteiger partial charge in [-0.15, -0.1) is 0 Å². The van der Waals surface area contributed by atoms with E-state index < -0.39 is 23.6 Å². The number of rotatable bonds is 2. The third kappa shape index (κ3) is 3.64. The number of carbonyl (C=O) groups excluding carboxylic acids is 1. The average molecular weight is 277 g/mol. The normalized spacial score (nSPS) is 12.7. The molecule has 18 heavy (non-hydrogen) atoms. The van der Waals surface area contributed by atoms with Gasteiger partial charge < -0.3 is 5.32 Å². The molecule has 1 atom stereocenters. The van der Waals surface area contributed by atoms with Crippen LogP contribution in [0.1, 0.15) is 12.5 Å². The zero-order valence-corrected chi connectivity index (χ0v) is 9.93. The predicted molar refractivity (Wildman–Crippen MR) is 59.9 cm³/mol. The Morgan fingerprint density at radius 1 is 1.44 bits per heavy atom. The molecule has 0 radical (unpaired) electrons. The maximum atomic E-state index is 12.5. The Bertz CT molecular complexity index is 508. The van der Waals surface area contributed by atoms with Crippen molar-refractivity contribution in [3.05, 3.63) is 28.8 Å². The Hall–Kier alpha value is -1.74. The molecular formula is C11H8ClF3N2O. The molecule has 0 aromatic heterocycles. The summed E-state index contributed by atoms with van der Waals surface area (Å²) < 4.78 is 37.5. The fraction of sp³-hybridized carbons (Fsp3) is 0.273. The molecule has 7 heteroatoms. The second kappa shape index (κ2) is 5.27. The van der Waals surface area contributed by atoms with E-state index >= 15 is 0 Å². The minimum atomic E-state index is -4.55. The van der Waals surface area contributed by atoms with Crippen LogP contribution in [0.2, 0.25) is 5.02 Å². The van der Waals surface area contributed by atoms with E-state index in [4.69, 9.17) is 16.9 Å². The van der Waals surface area contributed by atoms with Crippen LogP contribution < -0.4 is 5.32 Å². The summed E-state index contributed by atoms with van der Waals surface area (Å²) in [7, 11) is 0. The van der Waals surface area contributed by atoms with Crippen molar-refractivity contribution < 1.29 is 18.0 Å². The lowest BCUT2D eigenvalue weighted by Crippen LogP contribution is -2.19. The largest absolute Gasteiger partial charge is 0.416 e. The van der Waals surface area contributed by atoms with Crippen LogP contribution in [-0.2, 0) is 11.0 Å². The number of amides is 1. The number of carbonyl (C=O) groups is 1. The van der Waals surface area contributed by atoms with Gasteiger partial charge in [0.25, 0.3) is 0 Å². The first kappa shape index (κ1) is 14.3. The van der Waals surface area contributed by atoms with E-state index in [2.05, 4.69) is 5.32 Å². The smallest absolute Gasteiger partial charge is 0.325 e. The summed E-state index contributed by atoms with van der Waals surface area (Å²) in [5.41, 5.74) is -1.06. The van der Waals surface area contributed by atoms with Crippen LogP contribution in [0, 0.1) is 17.2 Å². The van der Waals surface area contributed by atoms with E-state index in [1.54, 1.807) is 6.07 Å². The van der Waals surface area contributed by atoms with Gasteiger partial charge in [0, 0.05) is 10.7 Å². The lowest BCUT2D eigenvalue weighted by Gasteiger charge is -2.11. The number of hydrogen-bond acceptors (Lipinski definition) is 2. The third-order valence-electron chi connectivity index (χ3n) is 2.08. The molecule has 0 saturated heterocycles. The molecule has 0 aliphatic rings. The fourth-order valence-corrected chi connectivity index (χ4v) is 1.37. The molecular weight excluding hydrogens is 269 g/mol. The minimum Gasteiger partial charge on any atom is -0.325 e. The molecule has 96 valence electrons. The van der Waals surface area contributed by atoms with E-state index in [9.17, 15) is 18.0 Å². The van der Waals surface area contributed by atoms with Crippen molar-refractivity contribution in [2.75, 3.05) is 5.32 Å². The predicted octanol–water partition coefficient (Wildman–Crippen LogP) is 3.46. The van der Waals surface area contributed by atoms with E-state index in [1.807, 2.05) is 0 Å². The van der Waals surface area contributed by atoms with Crippen molar-refractivity contribution in [2.45, 2.75) is 13.1 Å². The first-order valence-corrected chi connectivity index (χ1v) is 5.20. The molecule has 0 aliphatic carbocycles. The minimum absolute atomic E-state index is 0.0954. The lowest BCUT2D eigenvalue weighted by molar-refractivity contribution is -0.137. The highest BCUT2D eigenvalue weighted by atomic mass is 35.5. The van der Waals surface area contributed by atoms with Crippen molar-refractivity contribution in [1.82, 2.24) is 0 Å². The second-order valence-electron chi connectivity index (χ2n) is 3.57. The molecule has 0 aliphatic heterocycles. The first-order chi connectivity index (χ1) is 8.24. The number of nitriles is 1. The van der Waals surface area contributed by atoms with Gasteiger partial charge in [-0.2, -0.15) is 18.4 Å². The van der Waals surface area contributed by atoms with Gasteiger partial charge in [-0.25, -0.2) is 0 Å². The van der Waals surface area contributed by atoms with Crippen molar-refractivity contribution in [1.29, 1.82) is 5.26 Å². The van der Waals surface area contributed by atoms with Crippen LogP contribution in [-0.4, -0.2) is 5.91 Å². The monoisotopic (exact) mass is 276 g/mol. The van der Waals surface area contributed by atoms with Gasteiger partial charge in [0.05, 0.1) is 11.6 Å². The summed E-state index contributed by atoms with van der Waals surface area (Å²) in [6, 6.07) is 4.37. The van der Waals surface area contributed by atoms with Gasteiger partial charge in [0.1, 0.15) is 5.92 Å². The molecule has 1 rings (SSSR count). The van der Waals surface area contributed by atoms with Crippen molar-refractivity contribution in [2.24, 2.45) is 5.92 Å². The van der Waals surface area contributed by atoms with Crippen molar-refractivity contribution in [3.63, 3.8) is 0 Å². The van der Waals surface area contributed by atoms with Gasteiger partial charge in [-0.3, -0.25) is 4.79 Å². The standard InChI is InChI=1S/C11H8ClF3N2O/c1-6(5-16)10(18)17-9-3-7(11(13,14)15)2-8(12)4-9/h2-4,6H,1H3,(H,17,18). The number of halogens is 4. The SMILES string of the molecule is CC(C#N)C(=O)Nc1cc(Cl)cc(C(F)(F)F)c1. The van der Waals surface area contributed by atoms with Crippen LogP contribution in [0.3, 0.4) is 0 Å². The summed E-state index contributed by atoms with van der Waals surface area (Å²) in [4.78, 5) is 11.4. The molecule has 1 aromatic carbocycles. The average Bonchev–Trinajstić information content (AvgIpc) is 2.25. The maximum Gasteiger partial charge on any atom is 0.416 e. The molecule has 0 spiro atoms. The highest BCUT2D eigenvalue weighted by Gasteiger charge is 2.31. The fourth-order valence-electron chi connectivity index (χ4n) is 1.13. The van der Waals surface area contributed by atoms with Crippen molar-refractivity contribution >= 4 is 23.2 Å². The van der Waals surface area contributed by atoms with Gasteiger partial charge in [0.15, 0.2) is 0 Å². The Labute approximate surface area is 106 Å². The van der Waals surface area contributed by atoms with E-state index in [0.29, 0.717) is 0 Å². The molecule has 0 saturated carbocycles. The number of nitrogens with one attached hydrogen (secondary N) is 1. The highest BCUT2D eigenvalue weighted by Crippen LogP contribution is 2.33. The highest BCUT2D eigenvalue weighted by molar-refractivity contribution is 6.31. The van der Waals surface area contributed by atoms with Crippen LogP contribution in [0.5, 0.6) is 0 Å². The number of alkyl halides is 3. The number of hydrogen-bond donors (Lipinski definition) is 1. The molecule has 0 bridgehead atoms. The van der Waals surface area contributed by atoms with E-state index in [0.717, 1.165) is 12.1 Å². The van der Waals surface area contributed by atoms with Crippen LogP contribution in [0.25, 0.3) is 0 Å². The Balaban J connectivity index is 3.02. The summed E-state index contributed by atoms with van der Waals surface area (Å²) in [5.74, 6) is -1.65. The number of nitrogens with zero attached hydrogens (tertiary/aromatic N) is 1. The zero-order valence-electron chi connectivity index (χ0n) is 9.18. The van der Waals surface area contributed by atoms with E-state index in [1.165, 1.54) is 13.0 Å². The van der Waals surface area contributed by atoms with E-state index in [-0.39, 0.29) is 10.7 Å². The Morgan fingerprint density at radius 2 is 2.06 bits per heavy atom. The molecule has 3 nitrogen and oxygen atoms in total. The lowest BCUT2D eigenvalue weighted by atomic mass is 10.1. The molecule has 1 unspecified atom stereocenters. The summed E-state index contributed by atoms with van der Waals surface area (Å²) in [5, 5.41) is 10.6. The van der Waals surface area contributed by atoms with Gasteiger partial charge in [-0.05, 0) is 25.1 Å². The van der Waals surface area contributed by atoms with Crippen LogP contribution in [0.4, 0.5) is 18.9 Å². The van der Waals surface area contributed by atoms with Crippen LogP contribution >= 0.6 is 11.6 Å². The summed E-state index contributed by atoms with van der Waals surface area (Å²) in [6.07, 6.45) is -4.55. The quantitative estimate of drug-likeness (QED) is 0.899. The molecule has 1 aromatic rings. The second-order valence-corrected chi connectivity index (χ2v) is 4.00. The van der Waals surface area contributed by atoms with Gasteiger partial charge >= 0.3 is 6.18 Å². The topological polar surface area (TPSA) is 52.9 Å². The maximum absolute atomic E-state index is 12.5. The third-order valence-corrected chi connectivity index (χ3v) is 2.30. The summed E-state index contributed by atoms with van der Waals surface area (Å²) >= 11 is 5.54. The Kier molecular flexibility index (Phi) is 4.19. The van der Waals surface area contributed by atoms with Crippen molar-refractivity contribution in [3.8, 4) is 6.07 Å². The molecule has 1 N–H and O–H groups in total. The first-order valence-electron chi connectivity index (χ1n) is 4.82. The number of anilines is 1. The van der Waals surface area contributed by atoms with Gasteiger partial charge in [-0.1, -0.05) is 11.6 Å². The molecule has 0 heterocycles. The zero-order chi connectivity index (χ0) is 13.9. The van der Waals surface area contributed by atoms with Crippen LogP contribution in [0.15, 0.2) is 18.2 Å². The molecule has 0 fully saturated rings. The number of benzene rings is 1. The Morgan fingerprint density at radius 3 is 2.56 bits per heavy atom. The molecule has 1 amide bonds. The summed E-state index contributed by atoms with van der Waals surface area (Å²) in [6.45, 7) is 1.34.